The summed E-state index contributed by atoms with van der Waals surface area (Å²) in [6.07, 6.45) is 5.18. The Hall–Kier alpha value is -0.820. The number of guanidine groups is 1. The maximum atomic E-state index is 5.78. The van der Waals surface area contributed by atoms with Crippen molar-refractivity contribution >= 4 is 29.9 Å². The Kier molecular flexibility index (Phi) is 10.3. The number of ether oxygens (including phenoxy) is 1. The van der Waals surface area contributed by atoms with Crippen LogP contribution in [-0.2, 0) is 11.3 Å². The number of aliphatic imine (C=N–C) groups is 1. The van der Waals surface area contributed by atoms with Gasteiger partial charge in [0, 0.05) is 19.6 Å². The van der Waals surface area contributed by atoms with Gasteiger partial charge in [0.1, 0.15) is 0 Å². The number of hydrogen-bond donors (Lipinski definition) is 2. The molecule has 130 valence electrons. The van der Waals surface area contributed by atoms with E-state index in [1.807, 2.05) is 25.2 Å². The molecule has 0 bridgehead atoms. The van der Waals surface area contributed by atoms with Crippen molar-refractivity contribution < 1.29 is 4.74 Å². The first-order chi connectivity index (χ1) is 10.8. The SMILES string of the molecule is CN=C(NCC(C)COCc1ccccc1)NC1CCCC1.I. The van der Waals surface area contributed by atoms with Gasteiger partial charge in [-0.2, -0.15) is 0 Å². The molecule has 2 N–H and O–H groups in total. The molecule has 2 rings (SSSR count). The summed E-state index contributed by atoms with van der Waals surface area (Å²) in [6.45, 7) is 4.50. The van der Waals surface area contributed by atoms with Crippen molar-refractivity contribution in [3.8, 4) is 0 Å². The standard InChI is InChI=1S/C18H29N3O.HI/c1-15(13-22-14-16-8-4-3-5-9-16)12-20-18(19-2)21-17-10-6-7-11-17;/h3-5,8-9,15,17H,6-7,10-14H2,1-2H3,(H2,19,20,21);1H. The van der Waals surface area contributed by atoms with Crippen LogP contribution < -0.4 is 10.6 Å². The van der Waals surface area contributed by atoms with Crippen LogP contribution in [0.15, 0.2) is 35.3 Å². The van der Waals surface area contributed by atoms with Gasteiger partial charge in [0.2, 0.25) is 0 Å². The first kappa shape index (κ1) is 20.2. The molecule has 0 heterocycles. The Morgan fingerprint density at radius 2 is 1.96 bits per heavy atom. The quantitative estimate of drug-likeness (QED) is 0.394. The van der Waals surface area contributed by atoms with Gasteiger partial charge in [-0.3, -0.25) is 4.99 Å². The van der Waals surface area contributed by atoms with E-state index < -0.39 is 0 Å². The van der Waals surface area contributed by atoms with E-state index in [2.05, 4.69) is 34.7 Å². The molecule has 0 amide bonds. The molecule has 1 aliphatic carbocycles. The van der Waals surface area contributed by atoms with E-state index >= 15 is 0 Å². The Balaban J connectivity index is 0.00000264. The molecule has 0 radical (unpaired) electrons. The van der Waals surface area contributed by atoms with E-state index in [-0.39, 0.29) is 24.0 Å². The van der Waals surface area contributed by atoms with Gasteiger partial charge in [0.15, 0.2) is 5.96 Å². The summed E-state index contributed by atoms with van der Waals surface area (Å²) in [7, 11) is 1.83. The average molecular weight is 431 g/mol. The van der Waals surface area contributed by atoms with Gasteiger partial charge in [-0.05, 0) is 24.3 Å². The Labute approximate surface area is 157 Å². The van der Waals surface area contributed by atoms with Crippen molar-refractivity contribution in [2.24, 2.45) is 10.9 Å². The minimum absolute atomic E-state index is 0. The van der Waals surface area contributed by atoms with E-state index in [9.17, 15) is 0 Å². The first-order valence-corrected chi connectivity index (χ1v) is 8.36. The van der Waals surface area contributed by atoms with Crippen molar-refractivity contribution in [1.82, 2.24) is 10.6 Å². The fraction of sp³-hybridized carbons (Fsp3) is 0.611. The molecule has 5 heteroatoms. The lowest BCUT2D eigenvalue weighted by Gasteiger charge is -2.19. The Morgan fingerprint density at radius 3 is 2.61 bits per heavy atom. The average Bonchev–Trinajstić information content (AvgIpc) is 3.05. The zero-order valence-electron chi connectivity index (χ0n) is 14.3. The van der Waals surface area contributed by atoms with Crippen LogP contribution in [0.1, 0.15) is 38.2 Å². The molecule has 4 nitrogen and oxygen atoms in total. The summed E-state index contributed by atoms with van der Waals surface area (Å²) in [5.41, 5.74) is 1.22. The number of nitrogens with zero attached hydrogens (tertiary/aromatic N) is 1. The van der Waals surface area contributed by atoms with Gasteiger partial charge >= 0.3 is 0 Å². The van der Waals surface area contributed by atoms with Crippen LogP contribution in [0.3, 0.4) is 0 Å². The summed E-state index contributed by atoms with van der Waals surface area (Å²) in [5.74, 6) is 1.37. The zero-order valence-corrected chi connectivity index (χ0v) is 16.6. The second kappa shape index (κ2) is 11.7. The minimum Gasteiger partial charge on any atom is -0.376 e. The fourth-order valence-corrected chi connectivity index (χ4v) is 2.74. The second-order valence-electron chi connectivity index (χ2n) is 6.18. The number of rotatable bonds is 7. The third kappa shape index (κ3) is 8.01. The van der Waals surface area contributed by atoms with Crippen LogP contribution in [0.5, 0.6) is 0 Å². The van der Waals surface area contributed by atoms with Crippen LogP contribution in [0.25, 0.3) is 0 Å². The van der Waals surface area contributed by atoms with Gasteiger partial charge in [-0.15, -0.1) is 24.0 Å². The summed E-state index contributed by atoms with van der Waals surface area (Å²) in [6, 6.07) is 10.9. The molecule has 23 heavy (non-hydrogen) atoms. The number of halogens is 1. The smallest absolute Gasteiger partial charge is 0.191 e. The molecule has 1 saturated carbocycles. The Morgan fingerprint density at radius 1 is 1.26 bits per heavy atom. The van der Waals surface area contributed by atoms with Gasteiger partial charge < -0.3 is 15.4 Å². The lowest BCUT2D eigenvalue weighted by molar-refractivity contribution is 0.0931. The molecule has 1 atom stereocenters. The van der Waals surface area contributed by atoms with E-state index in [1.165, 1.54) is 31.2 Å². The van der Waals surface area contributed by atoms with Gasteiger partial charge in [-0.25, -0.2) is 0 Å². The van der Waals surface area contributed by atoms with E-state index in [4.69, 9.17) is 4.74 Å². The highest BCUT2D eigenvalue weighted by Crippen LogP contribution is 2.17. The lowest BCUT2D eigenvalue weighted by Crippen LogP contribution is -2.44. The summed E-state index contributed by atoms with van der Waals surface area (Å²) < 4.78 is 5.78. The molecular weight excluding hydrogens is 401 g/mol. The van der Waals surface area contributed by atoms with E-state index in [0.29, 0.717) is 18.6 Å². The third-order valence-corrected chi connectivity index (χ3v) is 4.05. The van der Waals surface area contributed by atoms with E-state index in [1.54, 1.807) is 0 Å². The van der Waals surface area contributed by atoms with E-state index in [0.717, 1.165) is 19.1 Å². The highest BCUT2D eigenvalue weighted by molar-refractivity contribution is 14.0. The largest absolute Gasteiger partial charge is 0.376 e. The predicted octanol–water partition coefficient (Wildman–Crippen LogP) is 3.56. The minimum atomic E-state index is 0. The van der Waals surface area contributed by atoms with Gasteiger partial charge in [0.05, 0.1) is 13.2 Å². The highest BCUT2D eigenvalue weighted by atomic mass is 127. The summed E-state index contributed by atoms with van der Waals surface area (Å²) in [4.78, 5) is 4.30. The van der Waals surface area contributed by atoms with Crippen molar-refractivity contribution in [2.75, 3.05) is 20.2 Å². The van der Waals surface area contributed by atoms with Crippen molar-refractivity contribution in [3.63, 3.8) is 0 Å². The van der Waals surface area contributed by atoms with Crippen LogP contribution in [0.4, 0.5) is 0 Å². The first-order valence-electron chi connectivity index (χ1n) is 8.36. The summed E-state index contributed by atoms with van der Waals surface area (Å²) >= 11 is 0. The molecule has 1 fully saturated rings. The molecule has 0 spiro atoms. The van der Waals surface area contributed by atoms with Crippen molar-refractivity contribution in [3.05, 3.63) is 35.9 Å². The van der Waals surface area contributed by atoms with Crippen molar-refractivity contribution in [2.45, 2.75) is 45.3 Å². The normalized spacial score (nSPS) is 16.7. The van der Waals surface area contributed by atoms with Crippen LogP contribution in [0.2, 0.25) is 0 Å². The molecule has 1 aromatic rings. The number of nitrogens with one attached hydrogen (secondary N) is 2. The molecule has 0 aromatic heterocycles. The molecule has 0 aliphatic heterocycles. The highest BCUT2D eigenvalue weighted by Gasteiger charge is 2.16. The van der Waals surface area contributed by atoms with Crippen LogP contribution in [-0.4, -0.2) is 32.2 Å². The van der Waals surface area contributed by atoms with Gasteiger partial charge in [-0.1, -0.05) is 50.1 Å². The molecular formula is C18H30IN3O. The van der Waals surface area contributed by atoms with Crippen LogP contribution >= 0.6 is 24.0 Å². The monoisotopic (exact) mass is 431 g/mol. The second-order valence-corrected chi connectivity index (χ2v) is 6.18. The maximum Gasteiger partial charge on any atom is 0.191 e. The van der Waals surface area contributed by atoms with Crippen LogP contribution in [0, 0.1) is 5.92 Å². The summed E-state index contributed by atoms with van der Waals surface area (Å²) in [5, 5.41) is 6.90. The number of benzene rings is 1. The lowest BCUT2D eigenvalue weighted by atomic mass is 10.2. The predicted molar refractivity (Wildman–Crippen MR) is 107 cm³/mol. The third-order valence-electron chi connectivity index (χ3n) is 4.05. The van der Waals surface area contributed by atoms with Gasteiger partial charge in [0.25, 0.3) is 0 Å². The molecule has 0 saturated heterocycles. The fourth-order valence-electron chi connectivity index (χ4n) is 2.74. The molecule has 1 unspecified atom stereocenters. The zero-order chi connectivity index (χ0) is 15.6. The molecule has 1 aliphatic rings. The van der Waals surface area contributed by atoms with Crippen molar-refractivity contribution in [1.29, 1.82) is 0 Å². The molecule has 1 aromatic carbocycles. The Bertz CT molecular complexity index is 447. The topological polar surface area (TPSA) is 45.7 Å². The maximum absolute atomic E-state index is 5.78. The number of hydrogen-bond acceptors (Lipinski definition) is 2.